The SMILES string of the molecule is [CH2]C/C=C/c1ccsc1. The van der Waals surface area contributed by atoms with Crippen molar-refractivity contribution in [3.8, 4) is 0 Å². The summed E-state index contributed by atoms with van der Waals surface area (Å²) >= 11 is 1.72. The van der Waals surface area contributed by atoms with Crippen LogP contribution in [-0.2, 0) is 0 Å². The molecular formula is C8H9S. The molecule has 0 N–H and O–H groups in total. The third kappa shape index (κ3) is 2.02. The van der Waals surface area contributed by atoms with Crippen LogP contribution in [0.4, 0.5) is 0 Å². The standard InChI is InChI=1S/C8H9S/c1-2-3-4-8-5-6-9-7-8/h3-7H,1-2H2/b4-3+. The van der Waals surface area contributed by atoms with Gasteiger partial charge in [-0.3, -0.25) is 0 Å². The van der Waals surface area contributed by atoms with E-state index in [1.54, 1.807) is 11.3 Å². The first-order valence-corrected chi connectivity index (χ1v) is 3.86. The highest BCUT2D eigenvalue weighted by molar-refractivity contribution is 7.08. The van der Waals surface area contributed by atoms with Crippen LogP contribution in [0.3, 0.4) is 0 Å². The zero-order valence-corrected chi connectivity index (χ0v) is 6.03. The van der Waals surface area contributed by atoms with Crippen LogP contribution in [0.25, 0.3) is 6.08 Å². The quantitative estimate of drug-likeness (QED) is 0.588. The smallest absolute Gasteiger partial charge is 0.00209 e. The Morgan fingerprint density at radius 3 is 3.11 bits per heavy atom. The summed E-state index contributed by atoms with van der Waals surface area (Å²) in [6.45, 7) is 3.70. The third-order valence-electron chi connectivity index (χ3n) is 1.02. The molecule has 0 aliphatic carbocycles. The van der Waals surface area contributed by atoms with E-state index in [4.69, 9.17) is 0 Å². The molecule has 9 heavy (non-hydrogen) atoms. The molecular weight excluding hydrogens is 128 g/mol. The summed E-state index contributed by atoms with van der Waals surface area (Å²) in [5.74, 6) is 0. The van der Waals surface area contributed by atoms with Crippen LogP contribution in [0.15, 0.2) is 22.9 Å². The average Bonchev–Trinajstić information content (AvgIpc) is 2.34. The first kappa shape index (κ1) is 6.56. The maximum atomic E-state index is 3.70. The van der Waals surface area contributed by atoms with Crippen LogP contribution in [0.5, 0.6) is 0 Å². The molecule has 0 aromatic carbocycles. The summed E-state index contributed by atoms with van der Waals surface area (Å²) in [7, 11) is 0. The summed E-state index contributed by atoms with van der Waals surface area (Å²) in [4.78, 5) is 0. The molecule has 1 heteroatoms. The van der Waals surface area contributed by atoms with Gasteiger partial charge in [0.2, 0.25) is 0 Å². The summed E-state index contributed by atoms with van der Waals surface area (Å²) in [6, 6.07) is 2.09. The molecule has 1 rings (SSSR count). The van der Waals surface area contributed by atoms with E-state index in [0.717, 1.165) is 6.42 Å². The van der Waals surface area contributed by atoms with E-state index in [1.165, 1.54) is 5.56 Å². The number of hydrogen-bond donors (Lipinski definition) is 0. The van der Waals surface area contributed by atoms with Gasteiger partial charge in [-0.2, -0.15) is 11.3 Å². The second kappa shape index (κ2) is 3.46. The van der Waals surface area contributed by atoms with Gasteiger partial charge >= 0.3 is 0 Å². The fourth-order valence-electron chi connectivity index (χ4n) is 0.589. The Kier molecular flexibility index (Phi) is 2.52. The highest BCUT2D eigenvalue weighted by Gasteiger charge is 1.81. The molecule has 0 amide bonds. The Morgan fingerprint density at radius 2 is 2.56 bits per heavy atom. The molecule has 0 aliphatic heterocycles. The van der Waals surface area contributed by atoms with E-state index >= 15 is 0 Å². The molecule has 0 saturated carbocycles. The average molecular weight is 137 g/mol. The van der Waals surface area contributed by atoms with Crippen LogP contribution in [0, 0.1) is 6.92 Å². The molecule has 0 fully saturated rings. The van der Waals surface area contributed by atoms with Gasteiger partial charge in [0.05, 0.1) is 0 Å². The van der Waals surface area contributed by atoms with Gasteiger partial charge in [0.15, 0.2) is 0 Å². The van der Waals surface area contributed by atoms with Crippen molar-refractivity contribution < 1.29 is 0 Å². The second-order valence-corrected chi connectivity index (χ2v) is 2.53. The predicted octanol–water partition coefficient (Wildman–Crippen LogP) is 2.99. The van der Waals surface area contributed by atoms with Crippen molar-refractivity contribution in [3.05, 3.63) is 35.4 Å². The summed E-state index contributed by atoms with van der Waals surface area (Å²) in [5.41, 5.74) is 1.28. The lowest BCUT2D eigenvalue weighted by Gasteiger charge is -1.78. The van der Waals surface area contributed by atoms with E-state index in [0.29, 0.717) is 0 Å². The van der Waals surface area contributed by atoms with Gasteiger partial charge in [-0.25, -0.2) is 0 Å². The van der Waals surface area contributed by atoms with Gasteiger partial charge in [-0.05, 0) is 35.7 Å². The molecule has 47 valence electrons. The molecule has 0 saturated heterocycles. The predicted molar refractivity (Wildman–Crippen MR) is 43.3 cm³/mol. The summed E-state index contributed by atoms with van der Waals surface area (Å²) in [5, 5.41) is 4.19. The second-order valence-electron chi connectivity index (χ2n) is 1.75. The van der Waals surface area contributed by atoms with E-state index < -0.39 is 0 Å². The number of allylic oxidation sites excluding steroid dienone is 1. The Hall–Kier alpha value is -0.560. The maximum absolute atomic E-state index is 3.70. The van der Waals surface area contributed by atoms with Crippen molar-refractivity contribution in [1.82, 2.24) is 0 Å². The van der Waals surface area contributed by atoms with Gasteiger partial charge < -0.3 is 0 Å². The molecule has 0 nitrogen and oxygen atoms in total. The van der Waals surface area contributed by atoms with Crippen LogP contribution in [0.1, 0.15) is 12.0 Å². The molecule has 1 heterocycles. The fourth-order valence-corrected chi connectivity index (χ4v) is 1.22. The molecule has 0 spiro atoms. The Morgan fingerprint density at radius 1 is 1.67 bits per heavy atom. The highest BCUT2D eigenvalue weighted by atomic mass is 32.1. The molecule has 0 unspecified atom stereocenters. The largest absolute Gasteiger partial charge is 0.152 e. The zero-order valence-electron chi connectivity index (χ0n) is 5.21. The summed E-state index contributed by atoms with van der Waals surface area (Å²) < 4.78 is 0. The van der Waals surface area contributed by atoms with Crippen molar-refractivity contribution in [2.24, 2.45) is 0 Å². The van der Waals surface area contributed by atoms with Crippen LogP contribution in [-0.4, -0.2) is 0 Å². The van der Waals surface area contributed by atoms with Gasteiger partial charge in [0.1, 0.15) is 0 Å². The van der Waals surface area contributed by atoms with Gasteiger partial charge in [-0.15, -0.1) is 0 Å². The molecule has 0 bridgehead atoms. The van der Waals surface area contributed by atoms with E-state index in [2.05, 4.69) is 35.9 Å². The highest BCUT2D eigenvalue weighted by Crippen LogP contribution is 2.07. The van der Waals surface area contributed by atoms with Crippen LogP contribution < -0.4 is 0 Å². The van der Waals surface area contributed by atoms with Crippen LogP contribution >= 0.6 is 11.3 Å². The lowest BCUT2D eigenvalue weighted by atomic mass is 10.3. The summed E-state index contributed by atoms with van der Waals surface area (Å²) in [6.07, 6.45) is 5.02. The third-order valence-corrected chi connectivity index (χ3v) is 1.72. The Balaban J connectivity index is 2.57. The number of rotatable bonds is 2. The van der Waals surface area contributed by atoms with E-state index in [-0.39, 0.29) is 0 Å². The van der Waals surface area contributed by atoms with E-state index in [9.17, 15) is 0 Å². The van der Waals surface area contributed by atoms with Gasteiger partial charge in [0.25, 0.3) is 0 Å². The molecule has 1 radical (unpaired) electrons. The Bertz CT molecular complexity index is 172. The molecule has 1 aromatic rings. The lowest BCUT2D eigenvalue weighted by molar-refractivity contribution is 1.42. The molecule has 0 aliphatic rings. The van der Waals surface area contributed by atoms with Crippen molar-refractivity contribution in [1.29, 1.82) is 0 Å². The van der Waals surface area contributed by atoms with Crippen LogP contribution in [0.2, 0.25) is 0 Å². The minimum absolute atomic E-state index is 0.871. The monoisotopic (exact) mass is 137 g/mol. The van der Waals surface area contributed by atoms with Crippen molar-refractivity contribution >= 4 is 17.4 Å². The number of hydrogen-bond acceptors (Lipinski definition) is 1. The zero-order chi connectivity index (χ0) is 6.53. The fraction of sp³-hybridized carbons (Fsp3) is 0.125. The first-order chi connectivity index (χ1) is 4.43. The minimum atomic E-state index is 0.871. The minimum Gasteiger partial charge on any atom is -0.152 e. The molecule has 0 atom stereocenters. The van der Waals surface area contributed by atoms with Gasteiger partial charge in [-0.1, -0.05) is 12.2 Å². The topological polar surface area (TPSA) is 0 Å². The van der Waals surface area contributed by atoms with Crippen molar-refractivity contribution in [2.45, 2.75) is 6.42 Å². The Labute approximate surface area is 59.8 Å². The first-order valence-electron chi connectivity index (χ1n) is 2.91. The van der Waals surface area contributed by atoms with Gasteiger partial charge in [0, 0.05) is 0 Å². The normalized spacial score (nSPS) is 10.8. The van der Waals surface area contributed by atoms with Crippen molar-refractivity contribution in [3.63, 3.8) is 0 Å². The van der Waals surface area contributed by atoms with Crippen molar-refractivity contribution in [2.75, 3.05) is 0 Å². The van der Waals surface area contributed by atoms with E-state index in [1.807, 2.05) is 0 Å². The molecule has 1 aromatic heterocycles. The number of thiophene rings is 1. The maximum Gasteiger partial charge on any atom is -0.00209 e. The lowest BCUT2D eigenvalue weighted by Crippen LogP contribution is -1.57.